The fraction of sp³-hybridized carbons (Fsp3) is 0.240. The largest absolute Gasteiger partial charge is 0.383 e. The number of ether oxygens (including phenoxy) is 1. The summed E-state index contributed by atoms with van der Waals surface area (Å²) in [7, 11) is -2.58. The Morgan fingerprint density at radius 2 is 1.71 bits per heavy atom. The van der Waals surface area contributed by atoms with E-state index in [1.165, 1.54) is 11.6 Å². The molecule has 7 nitrogen and oxygen atoms in total. The van der Waals surface area contributed by atoms with E-state index in [1.807, 2.05) is 24.3 Å². The number of hydrogen-bond acceptors (Lipinski definition) is 5. The highest BCUT2D eigenvalue weighted by Gasteiger charge is 2.18. The first-order valence-corrected chi connectivity index (χ1v) is 12.1. The van der Waals surface area contributed by atoms with Crippen LogP contribution in [0.15, 0.2) is 77.7 Å². The topological polar surface area (TPSA) is 84.9 Å². The van der Waals surface area contributed by atoms with E-state index in [1.54, 1.807) is 30.2 Å². The molecule has 0 spiro atoms. The highest BCUT2D eigenvalue weighted by Crippen LogP contribution is 2.21. The third kappa shape index (κ3) is 7.03. The molecule has 34 heavy (non-hydrogen) atoms. The molecule has 0 unspecified atom stereocenters. The Kier molecular flexibility index (Phi) is 8.61. The quantitative estimate of drug-likeness (QED) is 0.415. The van der Waals surface area contributed by atoms with Crippen LogP contribution >= 0.6 is 0 Å². The van der Waals surface area contributed by atoms with Gasteiger partial charge in [0.05, 0.1) is 6.61 Å². The van der Waals surface area contributed by atoms with Crippen molar-refractivity contribution < 1.29 is 26.5 Å². The number of nitrogens with one attached hydrogen (secondary N) is 1. The summed E-state index contributed by atoms with van der Waals surface area (Å²) in [6.07, 6.45) is 0.906. The zero-order chi connectivity index (χ0) is 24.6. The molecule has 0 atom stereocenters. The molecule has 0 radical (unpaired) electrons. The lowest BCUT2D eigenvalue weighted by Gasteiger charge is -2.23. The van der Waals surface area contributed by atoms with Gasteiger partial charge in [-0.2, -0.15) is 8.42 Å². The van der Waals surface area contributed by atoms with Crippen LogP contribution < -0.4 is 9.50 Å². The molecule has 0 saturated heterocycles. The molecular formula is C25H27FN2O5S. The number of carbonyl (C=O) groups excluding carboxylic acids is 1. The van der Waals surface area contributed by atoms with Crippen molar-refractivity contribution in [1.82, 2.24) is 4.90 Å². The minimum absolute atomic E-state index is 0.0871. The van der Waals surface area contributed by atoms with E-state index in [9.17, 15) is 17.6 Å². The predicted octanol–water partition coefficient (Wildman–Crippen LogP) is 4.84. The predicted molar refractivity (Wildman–Crippen MR) is 128 cm³/mol. The molecule has 0 aliphatic carbocycles. The molecule has 2 amide bonds. The van der Waals surface area contributed by atoms with Crippen LogP contribution in [0.1, 0.15) is 18.1 Å². The second-order valence-electron chi connectivity index (χ2n) is 7.53. The van der Waals surface area contributed by atoms with Crippen molar-refractivity contribution in [3.63, 3.8) is 0 Å². The van der Waals surface area contributed by atoms with E-state index in [-0.39, 0.29) is 23.2 Å². The van der Waals surface area contributed by atoms with Gasteiger partial charge in [-0.1, -0.05) is 31.2 Å². The number of carbonyl (C=O) groups is 1. The Balaban J connectivity index is 1.73. The van der Waals surface area contributed by atoms with Crippen LogP contribution in [-0.4, -0.2) is 39.6 Å². The van der Waals surface area contributed by atoms with E-state index in [4.69, 9.17) is 8.92 Å². The lowest BCUT2D eigenvalue weighted by atomic mass is 10.1. The van der Waals surface area contributed by atoms with Crippen molar-refractivity contribution in [3.05, 3.63) is 89.7 Å². The monoisotopic (exact) mass is 486 g/mol. The first-order valence-electron chi connectivity index (χ1n) is 10.7. The molecule has 0 saturated carbocycles. The second-order valence-corrected chi connectivity index (χ2v) is 9.08. The van der Waals surface area contributed by atoms with E-state index in [0.29, 0.717) is 24.4 Å². The molecule has 3 aromatic rings. The van der Waals surface area contributed by atoms with Crippen molar-refractivity contribution >= 4 is 21.8 Å². The van der Waals surface area contributed by atoms with Crippen LogP contribution in [0.3, 0.4) is 0 Å². The molecular weight excluding hydrogens is 459 g/mol. The number of urea groups is 1. The highest BCUT2D eigenvalue weighted by atomic mass is 32.2. The Morgan fingerprint density at radius 3 is 2.35 bits per heavy atom. The number of amides is 2. The molecule has 0 aromatic heterocycles. The third-order valence-corrected chi connectivity index (χ3v) is 6.31. The molecule has 0 fully saturated rings. The molecule has 3 aromatic carbocycles. The Labute approximate surface area is 199 Å². The number of halogens is 1. The number of benzene rings is 3. The van der Waals surface area contributed by atoms with Gasteiger partial charge in [0, 0.05) is 25.9 Å². The SMILES string of the molecule is CCc1ccc(NC(=O)N(CCOC)Cc2cccc(OS(=O)(=O)c3ccc(F)cc3)c2)cc1. The summed E-state index contributed by atoms with van der Waals surface area (Å²) in [6.45, 7) is 2.92. The Morgan fingerprint density at radius 1 is 1.00 bits per heavy atom. The van der Waals surface area contributed by atoms with E-state index in [2.05, 4.69) is 12.2 Å². The maximum atomic E-state index is 13.1. The second kappa shape index (κ2) is 11.6. The zero-order valence-corrected chi connectivity index (χ0v) is 19.8. The van der Waals surface area contributed by atoms with Crippen LogP contribution in [0.5, 0.6) is 5.75 Å². The number of aryl methyl sites for hydroxylation is 1. The summed E-state index contributed by atoms with van der Waals surface area (Å²) >= 11 is 0. The van der Waals surface area contributed by atoms with Gasteiger partial charge in [0.15, 0.2) is 0 Å². The average molecular weight is 487 g/mol. The Hall–Kier alpha value is -3.43. The number of nitrogens with zero attached hydrogens (tertiary/aromatic N) is 1. The van der Waals surface area contributed by atoms with Crippen molar-refractivity contribution in [2.24, 2.45) is 0 Å². The van der Waals surface area contributed by atoms with Crippen molar-refractivity contribution in [3.8, 4) is 5.75 Å². The third-order valence-electron chi connectivity index (χ3n) is 5.05. The molecule has 180 valence electrons. The van der Waals surface area contributed by atoms with Crippen molar-refractivity contribution in [1.29, 1.82) is 0 Å². The molecule has 0 bridgehead atoms. The summed E-state index contributed by atoms with van der Waals surface area (Å²) in [6, 6.07) is 18.1. The molecule has 0 aliphatic heterocycles. The summed E-state index contributed by atoms with van der Waals surface area (Å²) in [5.41, 5.74) is 2.51. The summed E-state index contributed by atoms with van der Waals surface area (Å²) in [5.74, 6) is -0.458. The summed E-state index contributed by atoms with van der Waals surface area (Å²) < 4.78 is 48.5. The minimum Gasteiger partial charge on any atom is -0.383 e. The summed E-state index contributed by atoms with van der Waals surface area (Å²) in [5, 5.41) is 2.88. The fourth-order valence-electron chi connectivity index (χ4n) is 3.17. The van der Waals surface area contributed by atoms with Crippen molar-refractivity contribution in [2.75, 3.05) is 25.6 Å². The lowest BCUT2D eigenvalue weighted by Crippen LogP contribution is -2.36. The summed E-state index contributed by atoms with van der Waals surface area (Å²) in [4.78, 5) is 14.3. The van der Waals surface area contributed by atoms with Gasteiger partial charge in [0.25, 0.3) is 0 Å². The van der Waals surface area contributed by atoms with Gasteiger partial charge >= 0.3 is 16.1 Å². The number of hydrogen-bond donors (Lipinski definition) is 1. The van der Waals surface area contributed by atoms with Crippen LogP contribution in [-0.2, 0) is 27.8 Å². The van der Waals surface area contributed by atoms with E-state index >= 15 is 0 Å². The van der Waals surface area contributed by atoms with Gasteiger partial charge in [-0.05, 0) is 66.1 Å². The zero-order valence-electron chi connectivity index (χ0n) is 19.0. The fourth-order valence-corrected chi connectivity index (χ4v) is 4.09. The van der Waals surface area contributed by atoms with Gasteiger partial charge < -0.3 is 19.1 Å². The van der Waals surface area contributed by atoms with Crippen molar-refractivity contribution in [2.45, 2.75) is 24.8 Å². The number of rotatable bonds is 10. The van der Waals surface area contributed by atoms with Crippen LogP contribution in [0.4, 0.5) is 14.9 Å². The average Bonchev–Trinajstić information content (AvgIpc) is 2.82. The first kappa shape index (κ1) is 25.2. The lowest BCUT2D eigenvalue weighted by molar-refractivity contribution is 0.153. The van der Waals surface area contributed by atoms with Gasteiger partial charge in [0.1, 0.15) is 16.5 Å². The first-order chi connectivity index (χ1) is 16.3. The van der Waals surface area contributed by atoms with Gasteiger partial charge in [-0.15, -0.1) is 0 Å². The Bertz CT molecular complexity index is 1200. The maximum Gasteiger partial charge on any atom is 0.339 e. The van der Waals surface area contributed by atoms with Crippen LogP contribution in [0, 0.1) is 5.82 Å². The van der Waals surface area contributed by atoms with Gasteiger partial charge in [-0.3, -0.25) is 0 Å². The molecule has 3 rings (SSSR count). The van der Waals surface area contributed by atoms with Crippen LogP contribution in [0.25, 0.3) is 0 Å². The van der Waals surface area contributed by atoms with Crippen LogP contribution in [0.2, 0.25) is 0 Å². The maximum absolute atomic E-state index is 13.1. The standard InChI is InChI=1S/C25H27FN2O5S/c1-3-19-7-11-22(12-8-19)27-25(29)28(15-16-32-2)18-20-5-4-6-23(17-20)33-34(30,31)24-13-9-21(26)10-14-24/h4-14,17H,3,15-16,18H2,1-2H3,(H,27,29). The molecule has 1 N–H and O–H groups in total. The minimum atomic E-state index is -4.13. The van der Waals surface area contributed by atoms with E-state index in [0.717, 1.165) is 30.7 Å². The highest BCUT2D eigenvalue weighted by molar-refractivity contribution is 7.87. The number of anilines is 1. The van der Waals surface area contributed by atoms with Gasteiger partial charge in [-0.25, -0.2) is 9.18 Å². The smallest absolute Gasteiger partial charge is 0.339 e. The normalized spacial score (nSPS) is 11.1. The number of methoxy groups -OCH3 is 1. The molecule has 9 heteroatoms. The molecule has 0 aliphatic rings. The van der Waals surface area contributed by atoms with E-state index < -0.39 is 15.9 Å². The van der Waals surface area contributed by atoms with Gasteiger partial charge in [0.2, 0.25) is 0 Å². The molecule has 0 heterocycles.